The third-order valence-electron chi connectivity index (χ3n) is 4.18. The first-order chi connectivity index (χ1) is 9.80. The third kappa shape index (κ3) is 7.04. The molecule has 0 aliphatic carbocycles. The van der Waals surface area contributed by atoms with Gasteiger partial charge >= 0.3 is 0 Å². The fourth-order valence-corrected chi connectivity index (χ4v) is 2.87. The predicted molar refractivity (Wildman–Crippen MR) is 87.9 cm³/mol. The number of hydrogen-bond acceptors (Lipinski definition) is 2. The summed E-state index contributed by atoms with van der Waals surface area (Å²) in [7, 11) is 0. The molecule has 2 unspecified atom stereocenters. The van der Waals surface area contributed by atoms with E-state index >= 15 is 0 Å². The van der Waals surface area contributed by atoms with Crippen LogP contribution in [0.25, 0.3) is 0 Å². The van der Waals surface area contributed by atoms with Crippen LogP contribution in [-0.4, -0.2) is 17.6 Å². The van der Waals surface area contributed by atoms with E-state index in [4.69, 9.17) is 0 Å². The summed E-state index contributed by atoms with van der Waals surface area (Å²) < 4.78 is 0. The van der Waals surface area contributed by atoms with Crippen molar-refractivity contribution < 1.29 is 0 Å². The van der Waals surface area contributed by atoms with Crippen molar-refractivity contribution >= 4 is 0 Å². The average Bonchev–Trinajstić information content (AvgIpc) is 2.50. The second-order valence-corrected chi connectivity index (χ2v) is 5.80. The van der Waals surface area contributed by atoms with Crippen LogP contribution in [-0.2, 0) is 6.42 Å². The lowest BCUT2D eigenvalue weighted by molar-refractivity contribution is 0.341. The number of aryl methyl sites for hydroxylation is 1. The third-order valence-corrected chi connectivity index (χ3v) is 4.18. The van der Waals surface area contributed by atoms with Crippen LogP contribution in [0.15, 0.2) is 24.5 Å². The van der Waals surface area contributed by atoms with Crippen LogP contribution in [0.2, 0.25) is 0 Å². The molecule has 2 atom stereocenters. The Balaban J connectivity index is 2.42. The lowest BCUT2D eigenvalue weighted by Gasteiger charge is -2.23. The minimum atomic E-state index is 0.662. The van der Waals surface area contributed by atoms with E-state index < -0.39 is 0 Å². The van der Waals surface area contributed by atoms with Gasteiger partial charge in [0.25, 0.3) is 0 Å². The van der Waals surface area contributed by atoms with Crippen molar-refractivity contribution in [3.05, 3.63) is 30.1 Å². The topological polar surface area (TPSA) is 24.9 Å². The van der Waals surface area contributed by atoms with Crippen molar-refractivity contribution in [1.82, 2.24) is 10.3 Å². The Kier molecular flexibility index (Phi) is 9.31. The van der Waals surface area contributed by atoms with Gasteiger partial charge < -0.3 is 5.32 Å². The van der Waals surface area contributed by atoms with Crippen molar-refractivity contribution in [3.8, 4) is 0 Å². The first-order valence-corrected chi connectivity index (χ1v) is 8.42. The van der Waals surface area contributed by atoms with Crippen molar-refractivity contribution in [2.45, 2.75) is 71.8 Å². The van der Waals surface area contributed by atoms with E-state index in [-0.39, 0.29) is 0 Å². The number of rotatable bonds is 11. The van der Waals surface area contributed by atoms with Crippen LogP contribution >= 0.6 is 0 Å². The summed E-state index contributed by atoms with van der Waals surface area (Å²) in [5, 5.41) is 3.68. The maximum Gasteiger partial charge on any atom is 0.0270 e. The number of aromatic nitrogens is 1. The van der Waals surface area contributed by atoms with Crippen molar-refractivity contribution in [2.75, 3.05) is 6.54 Å². The van der Waals surface area contributed by atoms with Crippen LogP contribution < -0.4 is 5.32 Å². The zero-order chi connectivity index (χ0) is 14.6. The molecular formula is C18H32N2. The summed E-state index contributed by atoms with van der Waals surface area (Å²) in [5.41, 5.74) is 1.41. The van der Waals surface area contributed by atoms with Gasteiger partial charge in [-0.15, -0.1) is 0 Å². The van der Waals surface area contributed by atoms with Gasteiger partial charge in [-0.3, -0.25) is 4.98 Å². The molecule has 0 aliphatic rings. The molecule has 114 valence electrons. The standard InChI is InChI=1S/C18H32N2/c1-4-7-8-16(5-2)15-18(20-6-3)10-9-17-11-13-19-14-12-17/h11-14,16,18,20H,4-10,15H2,1-3H3. The van der Waals surface area contributed by atoms with Crippen molar-refractivity contribution in [2.24, 2.45) is 5.92 Å². The molecule has 0 bridgehead atoms. The van der Waals surface area contributed by atoms with Gasteiger partial charge in [-0.2, -0.15) is 0 Å². The predicted octanol–water partition coefficient (Wildman–Crippen LogP) is 4.60. The molecule has 2 heteroatoms. The monoisotopic (exact) mass is 276 g/mol. The molecular weight excluding hydrogens is 244 g/mol. The largest absolute Gasteiger partial charge is 0.314 e. The SMILES string of the molecule is CCCCC(CC)CC(CCc1ccncc1)NCC. The van der Waals surface area contributed by atoms with E-state index in [2.05, 4.69) is 43.2 Å². The van der Waals surface area contributed by atoms with E-state index in [1.165, 1.54) is 44.1 Å². The van der Waals surface area contributed by atoms with Crippen molar-refractivity contribution in [3.63, 3.8) is 0 Å². The Morgan fingerprint density at radius 2 is 1.85 bits per heavy atom. The Hall–Kier alpha value is -0.890. The van der Waals surface area contributed by atoms with Crippen LogP contribution in [0.3, 0.4) is 0 Å². The Morgan fingerprint density at radius 1 is 1.10 bits per heavy atom. The minimum Gasteiger partial charge on any atom is -0.314 e. The van der Waals surface area contributed by atoms with E-state index in [0.29, 0.717) is 6.04 Å². The quantitative estimate of drug-likeness (QED) is 0.639. The Morgan fingerprint density at radius 3 is 2.45 bits per heavy atom. The summed E-state index contributed by atoms with van der Waals surface area (Å²) in [5.74, 6) is 0.886. The zero-order valence-electron chi connectivity index (χ0n) is 13.6. The molecule has 0 saturated carbocycles. The molecule has 0 amide bonds. The van der Waals surface area contributed by atoms with Crippen LogP contribution in [0, 0.1) is 5.92 Å². The van der Waals surface area contributed by atoms with Gasteiger partial charge in [-0.1, -0.05) is 46.5 Å². The summed E-state index contributed by atoms with van der Waals surface area (Å²) in [6, 6.07) is 4.93. The van der Waals surface area contributed by atoms with Crippen molar-refractivity contribution in [1.29, 1.82) is 0 Å². The van der Waals surface area contributed by atoms with Gasteiger partial charge in [0, 0.05) is 18.4 Å². The van der Waals surface area contributed by atoms with Crippen LogP contribution in [0.4, 0.5) is 0 Å². The zero-order valence-corrected chi connectivity index (χ0v) is 13.6. The highest BCUT2D eigenvalue weighted by molar-refractivity contribution is 5.09. The van der Waals surface area contributed by atoms with Gasteiger partial charge in [-0.05, 0) is 49.4 Å². The maximum atomic E-state index is 4.09. The molecule has 0 fully saturated rings. The van der Waals surface area contributed by atoms with Gasteiger partial charge in [0.05, 0.1) is 0 Å². The Bertz CT molecular complexity index is 323. The Labute approximate surface area is 125 Å². The molecule has 0 radical (unpaired) electrons. The highest BCUT2D eigenvalue weighted by Gasteiger charge is 2.14. The van der Waals surface area contributed by atoms with Gasteiger partial charge in [0.2, 0.25) is 0 Å². The van der Waals surface area contributed by atoms with Gasteiger partial charge in [-0.25, -0.2) is 0 Å². The second-order valence-electron chi connectivity index (χ2n) is 5.80. The van der Waals surface area contributed by atoms with E-state index in [1.807, 2.05) is 12.4 Å². The molecule has 0 spiro atoms. The number of pyridine rings is 1. The molecule has 0 aromatic carbocycles. The van der Waals surface area contributed by atoms with Crippen LogP contribution in [0.1, 0.15) is 64.9 Å². The highest BCUT2D eigenvalue weighted by Crippen LogP contribution is 2.20. The molecule has 1 aromatic rings. The number of nitrogens with zero attached hydrogens (tertiary/aromatic N) is 1. The summed E-state index contributed by atoms with van der Waals surface area (Å²) in [6.45, 7) is 7.92. The molecule has 1 N–H and O–H groups in total. The number of unbranched alkanes of at least 4 members (excludes halogenated alkanes) is 1. The normalized spacial score (nSPS) is 14.2. The average molecular weight is 276 g/mol. The first-order valence-electron chi connectivity index (χ1n) is 8.42. The lowest BCUT2D eigenvalue weighted by atomic mass is 9.90. The molecule has 1 heterocycles. The molecule has 0 saturated heterocycles. The number of nitrogens with one attached hydrogen (secondary N) is 1. The fraction of sp³-hybridized carbons (Fsp3) is 0.722. The fourth-order valence-electron chi connectivity index (χ4n) is 2.87. The minimum absolute atomic E-state index is 0.662. The van der Waals surface area contributed by atoms with Gasteiger partial charge in [0.1, 0.15) is 0 Å². The summed E-state index contributed by atoms with van der Waals surface area (Å²) in [6.07, 6.45) is 12.9. The molecule has 2 nitrogen and oxygen atoms in total. The van der Waals surface area contributed by atoms with Crippen LogP contribution in [0.5, 0.6) is 0 Å². The summed E-state index contributed by atoms with van der Waals surface area (Å²) >= 11 is 0. The highest BCUT2D eigenvalue weighted by atomic mass is 14.9. The van der Waals surface area contributed by atoms with E-state index in [0.717, 1.165) is 18.9 Å². The summed E-state index contributed by atoms with van der Waals surface area (Å²) in [4.78, 5) is 4.09. The molecule has 1 rings (SSSR count). The molecule has 20 heavy (non-hydrogen) atoms. The maximum absolute atomic E-state index is 4.09. The van der Waals surface area contributed by atoms with Gasteiger partial charge in [0.15, 0.2) is 0 Å². The van der Waals surface area contributed by atoms with E-state index in [9.17, 15) is 0 Å². The smallest absolute Gasteiger partial charge is 0.0270 e. The second kappa shape index (κ2) is 10.8. The van der Waals surface area contributed by atoms with E-state index in [1.54, 1.807) is 0 Å². The molecule has 1 aromatic heterocycles. The number of hydrogen-bond donors (Lipinski definition) is 1. The molecule has 0 aliphatic heterocycles. The lowest BCUT2D eigenvalue weighted by Crippen LogP contribution is -2.31. The first kappa shape index (κ1) is 17.2.